The zero-order valence-corrected chi connectivity index (χ0v) is 51.4. The molecule has 0 bridgehead atoms. The van der Waals surface area contributed by atoms with Gasteiger partial charge in [-0.2, -0.15) is 25.3 Å². The molecule has 94 heavy (non-hydrogen) atoms. The topological polar surface area (TPSA) is 731 Å². The Bertz CT molecular complexity index is 2840. The smallest absolute Gasteiger partial charge is 0.397 e. The maximum absolute atomic E-state index is 13.1. The highest BCUT2D eigenvalue weighted by atomic mass is 32.3. The molecule has 5 aliphatic rings. The van der Waals surface area contributed by atoms with Crippen LogP contribution in [0.2, 0.25) is 0 Å². The van der Waals surface area contributed by atoms with Crippen molar-refractivity contribution in [3.8, 4) is 0 Å². The van der Waals surface area contributed by atoms with E-state index in [1.807, 2.05) is 0 Å². The van der Waals surface area contributed by atoms with E-state index in [2.05, 4.69) is 28.5 Å². The average Bonchev–Trinajstić information content (AvgIpc) is 0.766. The van der Waals surface area contributed by atoms with Crippen LogP contribution in [0.15, 0.2) is 0 Å². The molecule has 0 aromatic heterocycles. The summed E-state index contributed by atoms with van der Waals surface area (Å²) in [5.74, 6) is -8.71. The fourth-order valence-electron chi connectivity index (χ4n) is 10.4. The lowest BCUT2D eigenvalue weighted by Gasteiger charge is -2.51. The third-order valence-corrected chi connectivity index (χ3v) is 16.2. The van der Waals surface area contributed by atoms with Crippen molar-refractivity contribution in [1.29, 1.82) is 0 Å². The fourth-order valence-corrected chi connectivity index (χ4v) is 11.4. The Balaban J connectivity index is 1.56. The summed E-state index contributed by atoms with van der Waals surface area (Å²) in [6, 6.07) is -6.17. The summed E-state index contributed by atoms with van der Waals surface area (Å²) in [5.41, 5.74) is 0. The van der Waals surface area contributed by atoms with Gasteiger partial charge in [0.05, 0.1) is 58.4 Å². The Labute approximate surface area is 531 Å². The van der Waals surface area contributed by atoms with Crippen LogP contribution >= 0.6 is 0 Å². The third-order valence-electron chi connectivity index (χ3n) is 14.9. The molecule has 5 heterocycles. The molecule has 0 aromatic rings. The number of amides is 3. The molecule has 0 aromatic carbocycles. The van der Waals surface area contributed by atoms with Crippen LogP contribution in [0.5, 0.6) is 0 Å². The predicted molar refractivity (Wildman–Crippen MR) is 285 cm³/mol. The van der Waals surface area contributed by atoms with Crippen LogP contribution in [-0.4, -0.2) is 379 Å². The normalized spacial score (nSPS) is 38.9. The number of nitrogens with one attached hydrogen (secondary N) is 3. The molecule has 5 saturated heterocycles. The van der Waals surface area contributed by atoms with E-state index in [4.69, 9.17) is 47.4 Å². The van der Waals surface area contributed by atoms with Crippen LogP contribution < -0.4 is 16.0 Å². The van der Waals surface area contributed by atoms with E-state index >= 15 is 0 Å². The van der Waals surface area contributed by atoms with Gasteiger partial charge in [0.1, 0.15) is 140 Å². The van der Waals surface area contributed by atoms with Crippen molar-refractivity contribution in [1.82, 2.24) is 16.0 Å². The van der Waals surface area contributed by atoms with Gasteiger partial charge in [-0.25, -0.2) is 17.3 Å². The summed E-state index contributed by atoms with van der Waals surface area (Å²) in [6.45, 7) is -7.09. The van der Waals surface area contributed by atoms with E-state index in [0.717, 1.165) is 20.8 Å². The summed E-state index contributed by atoms with van der Waals surface area (Å²) in [6.07, 6.45) is -63.5. The largest absolute Gasteiger partial charge is 0.477 e. The Kier molecular flexibility index (Phi) is 29.4. The Morgan fingerprint density at radius 1 is 0.500 bits per heavy atom. The van der Waals surface area contributed by atoms with Gasteiger partial charge < -0.3 is 150 Å². The van der Waals surface area contributed by atoms with Gasteiger partial charge in [0.25, 0.3) is 5.79 Å². The first-order valence-electron chi connectivity index (χ1n) is 27.6. The Morgan fingerprint density at radius 2 is 0.894 bits per heavy atom. The number of hydrogen-bond acceptors (Lipinski definition) is 39. The van der Waals surface area contributed by atoms with Gasteiger partial charge in [-0.05, 0) is 0 Å². The molecule has 0 unspecified atom stereocenters. The van der Waals surface area contributed by atoms with Crippen LogP contribution in [0.25, 0.3) is 0 Å². The molecule has 30 atom stereocenters. The monoisotopic (exact) mass is 1440 g/mol. The molecule has 5 aliphatic heterocycles. The highest BCUT2D eigenvalue weighted by Crippen LogP contribution is 2.40. The first kappa shape index (κ1) is 81.1. The average molecular weight is 1440 g/mol. The van der Waals surface area contributed by atoms with Crippen LogP contribution in [0, 0.1) is 0 Å². The zero-order valence-electron chi connectivity index (χ0n) is 49.0. The number of aliphatic hydroxyl groups is 16. The quantitative estimate of drug-likeness (QED) is 0.0278. The molecule has 5 fully saturated rings. The van der Waals surface area contributed by atoms with E-state index in [1.54, 1.807) is 0 Å². The maximum atomic E-state index is 13.1. The number of aliphatic hydroxyl groups excluding tert-OH is 16. The molecule has 548 valence electrons. The van der Waals surface area contributed by atoms with E-state index in [-0.39, 0.29) is 0 Å². The molecular formula is C45H77N3O43S3. The number of hydrogen-bond donors (Lipinski definition) is 23. The van der Waals surface area contributed by atoms with Crippen molar-refractivity contribution < 1.29 is 205 Å². The van der Waals surface area contributed by atoms with Crippen molar-refractivity contribution in [2.75, 3.05) is 46.2 Å². The first-order chi connectivity index (χ1) is 43.5. The van der Waals surface area contributed by atoms with E-state index in [0.29, 0.717) is 0 Å². The fraction of sp³-hybridized carbons (Fsp3) is 0.911. The van der Waals surface area contributed by atoms with Gasteiger partial charge in [-0.15, -0.1) is 0 Å². The molecular weight excluding hydrogens is 1370 g/mol. The molecule has 3 amide bonds. The van der Waals surface area contributed by atoms with Crippen LogP contribution in [0.4, 0.5) is 0 Å². The molecule has 0 aliphatic carbocycles. The first-order valence-corrected chi connectivity index (χ1v) is 31.7. The second-order valence-electron chi connectivity index (χ2n) is 21.7. The third kappa shape index (κ3) is 21.0. The minimum Gasteiger partial charge on any atom is -0.477 e. The standard InChI is InChI=1S/C45H77N3O43S3/c1-12(53)46-23-15(56)4-45(44(68)69,90-37(23)27(61)17(58)6-50)91-39-28(62)19(8-52)82-43(33(39)67)88-36-22(11-81-94(76,77)78)85-41(25(31(36)65)48-14(3)55)89-38-29(63)20(9-79-92(70,71)72)83-42(32(38)66)87-35-21(10-80-93(73,74)75)84-40(24(30(35)64)47-13(2)54)86-34(18(59)7-51)26(60)16(57)5-49/h15-43,49-52,56-67H,4-11H2,1-3H3,(H,46,53)(H,47,54)(H,48,55)(H,68,69)(H,70,71,72)(H,73,74,75)(H,76,77,78)/t15-,16+,17+,18-,19+,20+,21+,22+,23+,24+,25+,26-,27+,28-,29-,30+,31+,32+,33+,34+,35+,36+,37+,38-,39-,40-,41-,42-,43-,45-/m0/s1. The van der Waals surface area contributed by atoms with Gasteiger partial charge in [0.2, 0.25) is 17.7 Å². The summed E-state index contributed by atoms with van der Waals surface area (Å²) < 4.78 is 171. The maximum Gasteiger partial charge on any atom is 0.397 e. The Hall–Kier alpha value is -3.55. The van der Waals surface area contributed by atoms with Crippen molar-refractivity contribution in [3.63, 3.8) is 0 Å². The summed E-state index contributed by atoms with van der Waals surface area (Å²) in [5, 5.41) is 191. The minimum atomic E-state index is -5.62. The van der Waals surface area contributed by atoms with Crippen molar-refractivity contribution >= 4 is 54.9 Å². The summed E-state index contributed by atoms with van der Waals surface area (Å²) >= 11 is 0. The van der Waals surface area contributed by atoms with E-state index in [9.17, 15) is 145 Å². The number of carboxylic acid groups (broad SMARTS) is 1. The number of carbonyl (C=O) groups is 4. The highest BCUT2D eigenvalue weighted by molar-refractivity contribution is 7.81. The van der Waals surface area contributed by atoms with Gasteiger partial charge in [-0.1, -0.05) is 0 Å². The minimum absolute atomic E-state index is 0.773. The number of carboxylic acids is 1. The SMILES string of the molecule is CC(=O)N[C@H]1[C@H](O[C@H]2[C@@H](O)[C@@H](COS(=O)(=O)O)O[C@@H](O[C@H]3[C@H](O)[C@@H](NC(C)=O)[C@H](O[C@@H]([C@@H](O)[C@H](O)CO)[C@@H](O)CO)O[C@@H]3COS(=O)(=O)O)[C@@H]2O)O[C@H](COS(=O)(=O)O)[C@@H](O[C@@H]2O[C@H](CO)[C@H](O)[C@H](O[C@]3(C(=O)O)C[C@H](O)[C@@H](NC(C)=O)[C@H]([C@H](O)[C@H](O)CO)O3)[C@H]2O)[C@@H]1O. The molecule has 0 spiro atoms. The lowest BCUT2D eigenvalue weighted by molar-refractivity contribution is -0.389. The molecule has 0 radical (unpaired) electrons. The van der Waals surface area contributed by atoms with Crippen molar-refractivity contribution in [2.24, 2.45) is 0 Å². The lowest BCUT2D eigenvalue weighted by Crippen LogP contribution is -2.71. The van der Waals surface area contributed by atoms with Gasteiger partial charge >= 0.3 is 37.2 Å². The lowest BCUT2D eigenvalue weighted by atomic mass is 9.88. The Morgan fingerprint density at radius 3 is 1.33 bits per heavy atom. The van der Waals surface area contributed by atoms with E-state index in [1.165, 1.54) is 0 Å². The molecule has 5 rings (SSSR count). The number of rotatable bonds is 32. The van der Waals surface area contributed by atoms with Gasteiger partial charge in [0.15, 0.2) is 25.2 Å². The highest BCUT2D eigenvalue weighted by Gasteiger charge is 2.62. The second-order valence-corrected chi connectivity index (χ2v) is 25.0. The van der Waals surface area contributed by atoms with Crippen molar-refractivity contribution in [2.45, 2.75) is 211 Å². The molecule has 46 nitrogen and oxygen atoms in total. The predicted octanol–water partition coefficient (Wildman–Crippen LogP) is -15.3. The number of ether oxygens (including phenoxy) is 10. The van der Waals surface area contributed by atoms with Crippen LogP contribution in [0.3, 0.4) is 0 Å². The van der Waals surface area contributed by atoms with Crippen LogP contribution in [0.1, 0.15) is 27.2 Å². The summed E-state index contributed by atoms with van der Waals surface area (Å²) in [7, 11) is -16.7. The zero-order chi connectivity index (χ0) is 71.0. The summed E-state index contributed by atoms with van der Waals surface area (Å²) in [4.78, 5) is 50.8. The molecule has 0 saturated carbocycles. The number of carbonyl (C=O) groups excluding carboxylic acids is 3. The molecule has 49 heteroatoms. The number of aliphatic carboxylic acids is 1. The molecule has 23 N–H and O–H groups in total. The van der Waals surface area contributed by atoms with E-state index < -0.39 is 291 Å². The van der Waals surface area contributed by atoms with Crippen molar-refractivity contribution in [3.05, 3.63) is 0 Å². The van der Waals surface area contributed by atoms with Gasteiger partial charge in [-0.3, -0.25) is 28.0 Å². The second kappa shape index (κ2) is 34.0. The van der Waals surface area contributed by atoms with Crippen LogP contribution in [-0.2, 0) is 110 Å². The van der Waals surface area contributed by atoms with Gasteiger partial charge in [0, 0.05) is 27.2 Å².